The molecule has 104 valence electrons. The predicted molar refractivity (Wildman–Crippen MR) is 70.7 cm³/mol. The normalized spacial score (nSPS) is 25.1. The zero-order valence-electron chi connectivity index (χ0n) is 11.8. The molecule has 5 heteroatoms. The molecule has 5 nitrogen and oxygen atoms in total. The summed E-state index contributed by atoms with van der Waals surface area (Å²) < 4.78 is 5.21. The van der Waals surface area contributed by atoms with Crippen molar-refractivity contribution in [2.24, 2.45) is 0 Å². The fourth-order valence-corrected chi connectivity index (χ4v) is 3.02. The maximum Gasteiger partial charge on any atom is 0.240 e. The number of aromatic nitrogens is 1. The number of rotatable bonds is 4. The lowest BCUT2D eigenvalue weighted by Gasteiger charge is -2.25. The molecule has 2 unspecified atom stereocenters. The molecule has 0 radical (unpaired) electrons. The van der Waals surface area contributed by atoms with Gasteiger partial charge in [-0.2, -0.15) is 0 Å². The van der Waals surface area contributed by atoms with Gasteiger partial charge < -0.3 is 14.7 Å². The van der Waals surface area contributed by atoms with Crippen molar-refractivity contribution in [3.63, 3.8) is 0 Å². The highest BCUT2D eigenvalue weighted by Crippen LogP contribution is 2.31. The van der Waals surface area contributed by atoms with Gasteiger partial charge >= 0.3 is 0 Å². The van der Waals surface area contributed by atoms with E-state index >= 15 is 0 Å². The van der Waals surface area contributed by atoms with Crippen LogP contribution < -0.4 is 5.32 Å². The van der Waals surface area contributed by atoms with Crippen LogP contribution >= 0.6 is 0 Å². The molecule has 0 aromatic carbocycles. The van der Waals surface area contributed by atoms with Crippen molar-refractivity contribution in [3.8, 4) is 0 Å². The molecular weight excluding hydrogens is 242 g/mol. The summed E-state index contributed by atoms with van der Waals surface area (Å²) in [6.45, 7) is 6.72. The lowest BCUT2D eigenvalue weighted by molar-refractivity contribution is -0.131. The number of aryl methyl sites for hydroxylation is 2. The first-order valence-electron chi connectivity index (χ1n) is 7.07. The summed E-state index contributed by atoms with van der Waals surface area (Å²) in [5.41, 5.74) is 1.94. The largest absolute Gasteiger partial charge is 0.361 e. The molecule has 1 aromatic heterocycles. The molecule has 19 heavy (non-hydrogen) atoms. The number of carbonyl (C=O) groups is 1. The van der Waals surface area contributed by atoms with Crippen molar-refractivity contribution < 1.29 is 9.32 Å². The van der Waals surface area contributed by atoms with Crippen LogP contribution in [0.2, 0.25) is 0 Å². The Balaban J connectivity index is 1.73. The highest BCUT2D eigenvalue weighted by atomic mass is 16.5. The summed E-state index contributed by atoms with van der Waals surface area (Å²) in [5.74, 6) is 1.04. The van der Waals surface area contributed by atoms with Crippen molar-refractivity contribution >= 4 is 5.91 Å². The fraction of sp³-hybridized carbons (Fsp3) is 0.714. The summed E-state index contributed by atoms with van der Waals surface area (Å²) >= 11 is 0. The van der Waals surface area contributed by atoms with Gasteiger partial charge in [-0.15, -0.1) is 0 Å². The molecule has 2 aliphatic rings. The van der Waals surface area contributed by atoms with Crippen molar-refractivity contribution in [3.05, 3.63) is 17.0 Å². The Morgan fingerprint density at radius 2 is 2.11 bits per heavy atom. The van der Waals surface area contributed by atoms with Crippen molar-refractivity contribution in [1.82, 2.24) is 15.4 Å². The van der Waals surface area contributed by atoms with Crippen LogP contribution in [0.1, 0.15) is 49.2 Å². The van der Waals surface area contributed by atoms with Gasteiger partial charge in [0.05, 0.1) is 17.8 Å². The van der Waals surface area contributed by atoms with Crippen molar-refractivity contribution in [2.75, 3.05) is 6.54 Å². The van der Waals surface area contributed by atoms with Crippen molar-refractivity contribution in [1.29, 1.82) is 0 Å². The lowest BCUT2D eigenvalue weighted by atomic mass is 10.1. The third-order valence-corrected chi connectivity index (χ3v) is 4.23. The van der Waals surface area contributed by atoms with Crippen LogP contribution in [0.25, 0.3) is 0 Å². The molecule has 2 fully saturated rings. The molecule has 3 rings (SSSR count). The van der Waals surface area contributed by atoms with Gasteiger partial charge in [0, 0.05) is 18.2 Å². The van der Waals surface area contributed by atoms with Crippen LogP contribution in [-0.2, 0) is 4.79 Å². The number of nitrogens with zero attached hydrogens (tertiary/aromatic N) is 2. The van der Waals surface area contributed by atoms with E-state index < -0.39 is 0 Å². The molecule has 2 atom stereocenters. The third kappa shape index (κ3) is 2.27. The van der Waals surface area contributed by atoms with E-state index in [0.29, 0.717) is 6.04 Å². The van der Waals surface area contributed by atoms with Gasteiger partial charge in [0.25, 0.3) is 0 Å². The Kier molecular flexibility index (Phi) is 3.09. The number of likely N-dealkylation sites (tertiary alicyclic amines) is 1. The first-order valence-corrected chi connectivity index (χ1v) is 7.07. The van der Waals surface area contributed by atoms with Gasteiger partial charge in [-0.05, 0) is 40.0 Å². The van der Waals surface area contributed by atoms with Gasteiger partial charge in [0.1, 0.15) is 5.76 Å². The van der Waals surface area contributed by atoms with Gasteiger partial charge in [-0.1, -0.05) is 5.16 Å². The molecule has 1 aliphatic heterocycles. The fourth-order valence-electron chi connectivity index (χ4n) is 3.02. The third-order valence-electron chi connectivity index (χ3n) is 4.23. The molecule has 0 bridgehead atoms. The average molecular weight is 263 g/mol. The molecule has 1 saturated heterocycles. The number of hydrogen-bond acceptors (Lipinski definition) is 4. The number of hydrogen-bond donors (Lipinski definition) is 1. The SMILES string of the molecule is Cc1noc(C)c1C(C)N1CCC(NC2CC2)C1=O. The van der Waals surface area contributed by atoms with Crippen LogP contribution in [-0.4, -0.2) is 34.6 Å². The van der Waals surface area contributed by atoms with Gasteiger partial charge in [0.2, 0.25) is 5.91 Å². The Morgan fingerprint density at radius 1 is 1.37 bits per heavy atom. The van der Waals surface area contributed by atoms with Crippen LogP contribution in [0.15, 0.2) is 4.52 Å². The highest BCUT2D eigenvalue weighted by Gasteiger charge is 2.38. The summed E-state index contributed by atoms with van der Waals surface area (Å²) in [5, 5.41) is 7.41. The minimum absolute atomic E-state index is 0.00965. The Bertz CT molecular complexity index is 473. The average Bonchev–Trinajstić information content (AvgIpc) is 3.03. The highest BCUT2D eigenvalue weighted by molar-refractivity contribution is 5.84. The monoisotopic (exact) mass is 263 g/mol. The second-order valence-corrected chi connectivity index (χ2v) is 5.73. The first-order chi connectivity index (χ1) is 9.08. The van der Waals surface area contributed by atoms with Gasteiger partial charge in [-0.3, -0.25) is 4.79 Å². The van der Waals surface area contributed by atoms with Gasteiger partial charge in [-0.25, -0.2) is 0 Å². The Morgan fingerprint density at radius 3 is 2.68 bits per heavy atom. The molecule has 1 aliphatic carbocycles. The van der Waals surface area contributed by atoms with Crippen molar-refractivity contribution in [2.45, 2.75) is 58.2 Å². The first kappa shape index (κ1) is 12.7. The summed E-state index contributed by atoms with van der Waals surface area (Å²) in [6.07, 6.45) is 3.33. The lowest BCUT2D eigenvalue weighted by Crippen LogP contribution is -2.40. The molecular formula is C14H21N3O2. The van der Waals surface area contributed by atoms with E-state index in [9.17, 15) is 4.79 Å². The second-order valence-electron chi connectivity index (χ2n) is 5.73. The number of nitrogens with one attached hydrogen (secondary N) is 1. The summed E-state index contributed by atoms with van der Waals surface area (Å²) in [7, 11) is 0. The zero-order valence-corrected chi connectivity index (χ0v) is 11.8. The number of carbonyl (C=O) groups excluding carboxylic acids is 1. The van der Waals surface area contributed by atoms with E-state index in [1.165, 1.54) is 12.8 Å². The molecule has 1 N–H and O–H groups in total. The maximum absolute atomic E-state index is 12.4. The number of amides is 1. The standard InChI is InChI=1S/C14H21N3O2/c1-8-13(10(3)19-16-8)9(2)17-7-6-12(14(17)18)15-11-4-5-11/h9,11-12,15H,4-7H2,1-3H3. The quantitative estimate of drug-likeness (QED) is 0.898. The molecule has 2 heterocycles. The second kappa shape index (κ2) is 4.63. The van der Waals surface area contributed by atoms with E-state index in [0.717, 1.165) is 30.0 Å². The Labute approximate surface area is 113 Å². The molecule has 1 saturated carbocycles. The zero-order chi connectivity index (χ0) is 13.6. The minimum Gasteiger partial charge on any atom is -0.361 e. The van der Waals surface area contributed by atoms with E-state index in [1.54, 1.807) is 0 Å². The van der Waals surface area contributed by atoms with E-state index in [2.05, 4.69) is 17.4 Å². The van der Waals surface area contributed by atoms with Crippen LogP contribution in [0.3, 0.4) is 0 Å². The summed E-state index contributed by atoms with van der Waals surface area (Å²) in [4.78, 5) is 14.4. The van der Waals surface area contributed by atoms with E-state index in [-0.39, 0.29) is 18.0 Å². The van der Waals surface area contributed by atoms with E-state index in [1.807, 2.05) is 18.7 Å². The minimum atomic E-state index is 0.00965. The maximum atomic E-state index is 12.4. The summed E-state index contributed by atoms with van der Waals surface area (Å²) in [6, 6.07) is 0.628. The molecule has 1 aromatic rings. The van der Waals surface area contributed by atoms with Crippen LogP contribution in [0.4, 0.5) is 0 Å². The topological polar surface area (TPSA) is 58.4 Å². The molecule has 0 spiro atoms. The smallest absolute Gasteiger partial charge is 0.240 e. The van der Waals surface area contributed by atoms with Crippen LogP contribution in [0, 0.1) is 13.8 Å². The Hall–Kier alpha value is -1.36. The van der Waals surface area contributed by atoms with Gasteiger partial charge in [0.15, 0.2) is 0 Å². The predicted octanol–water partition coefficient (Wildman–Crippen LogP) is 1.71. The van der Waals surface area contributed by atoms with E-state index in [4.69, 9.17) is 4.52 Å². The van der Waals surface area contributed by atoms with Crippen LogP contribution in [0.5, 0.6) is 0 Å². The molecule has 1 amide bonds.